The first-order chi connectivity index (χ1) is 12.6. The zero-order valence-electron chi connectivity index (χ0n) is 13.4. The van der Waals surface area contributed by atoms with E-state index in [1.807, 2.05) is 0 Å². The molecular weight excluding hydrogens is 340 g/mol. The van der Waals surface area contributed by atoms with Gasteiger partial charge in [0, 0.05) is 5.56 Å². The molecular formula is C17H14N4O5. The maximum atomic E-state index is 11.9. The number of carbonyl (C=O) groups excluding carboxylic acids is 1. The van der Waals surface area contributed by atoms with E-state index in [9.17, 15) is 19.5 Å². The van der Waals surface area contributed by atoms with Gasteiger partial charge in [-0.2, -0.15) is 5.10 Å². The third-order valence-electron chi connectivity index (χ3n) is 3.50. The highest BCUT2D eigenvalue weighted by atomic mass is 16.3. The molecule has 0 fully saturated rings. The lowest BCUT2D eigenvalue weighted by molar-refractivity contribution is 0.0955. The topological polar surface area (TPSA) is 130 Å². The number of hydrogen-bond donors (Lipinski definition) is 3. The average Bonchev–Trinajstić information content (AvgIpc) is 3.15. The number of H-pyrrole nitrogens is 1. The van der Waals surface area contributed by atoms with E-state index in [1.165, 1.54) is 6.26 Å². The number of amides is 1. The van der Waals surface area contributed by atoms with E-state index in [2.05, 4.69) is 15.5 Å². The van der Waals surface area contributed by atoms with Gasteiger partial charge in [-0.3, -0.25) is 19.1 Å². The summed E-state index contributed by atoms with van der Waals surface area (Å²) in [5.74, 6) is -0.663. The number of carbonyl (C=O) groups is 1. The number of rotatable bonds is 5. The molecule has 1 amide bonds. The number of hydrazone groups is 1. The Labute approximate surface area is 146 Å². The minimum absolute atomic E-state index is 0.0777. The Morgan fingerprint density at radius 2 is 2.00 bits per heavy atom. The minimum atomic E-state index is -0.832. The number of aromatic amines is 1. The fourth-order valence-electron chi connectivity index (χ4n) is 2.21. The molecule has 0 aliphatic carbocycles. The Kier molecular flexibility index (Phi) is 4.79. The van der Waals surface area contributed by atoms with E-state index in [-0.39, 0.29) is 12.1 Å². The Hall–Kier alpha value is -3.88. The Morgan fingerprint density at radius 1 is 1.23 bits per heavy atom. The first kappa shape index (κ1) is 17.0. The Bertz CT molecular complexity index is 1050. The molecule has 0 spiro atoms. The van der Waals surface area contributed by atoms with Gasteiger partial charge in [-0.05, 0) is 24.3 Å². The van der Waals surface area contributed by atoms with Crippen LogP contribution in [-0.2, 0) is 6.54 Å². The normalized spacial score (nSPS) is 10.9. The molecule has 26 heavy (non-hydrogen) atoms. The SMILES string of the molecule is O=C(N/N=C\c1c(O)n(Cc2ccco2)c(=O)[nH]c1=O)c1ccccc1. The summed E-state index contributed by atoms with van der Waals surface area (Å²) in [4.78, 5) is 37.8. The second kappa shape index (κ2) is 7.34. The minimum Gasteiger partial charge on any atom is -0.494 e. The summed E-state index contributed by atoms with van der Waals surface area (Å²) in [5, 5.41) is 13.9. The quantitative estimate of drug-likeness (QED) is 0.457. The van der Waals surface area contributed by atoms with Crippen molar-refractivity contribution in [2.75, 3.05) is 0 Å². The van der Waals surface area contributed by atoms with Crippen LogP contribution in [0.1, 0.15) is 21.7 Å². The summed E-state index contributed by atoms with van der Waals surface area (Å²) in [6.07, 6.45) is 2.39. The maximum Gasteiger partial charge on any atom is 0.331 e. The van der Waals surface area contributed by atoms with Crippen LogP contribution < -0.4 is 16.7 Å². The van der Waals surface area contributed by atoms with E-state index >= 15 is 0 Å². The molecule has 2 heterocycles. The van der Waals surface area contributed by atoms with Crippen molar-refractivity contribution < 1.29 is 14.3 Å². The fraction of sp³-hybridized carbons (Fsp3) is 0.0588. The number of benzene rings is 1. The molecule has 9 heteroatoms. The zero-order chi connectivity index (χ0) is 18.5. The van der Waals surface area contributed by atoms with Gasteiger partial charge in [0.05, 0.1) is 19.0 Å². The van der Waals surface area contributed by atoms with Crippen molar-refractivity contribution in [1.82, 2.24) is 15.0 Å². The summed E-state index contributed by atoms with van der Waals surface area (Å²) >= 11 is 0. The second-order valence-electron chi connectivity index (χ2n) is 5.23. The molecule has 3 N–H and O–H groups in total. The highest BCUT2D eigenvalue weighted by Gasteiger charge is 2.14. The molecule has 1 aromatic carbocycles. The molecule has 0 aliphatic rings. The number of aromatic nitrogens is 2. The molecule has 0 saturated heterocycles. The van der Waals surface area contributed by atoms with Crippen molar-refractivity contribution in [3.8, 4) is 5.88 Å². The lowest BCUT2D eigenvalue weighted by Gasteiger charge is -2.07. The number of nitrogens with zero attached hydrogens (tertiary/aromatic N) is 2. The second-order valence-corrected chi connectivity index (χ2v) is 5.23. The van der Waals surface area contributed by atoms with Gasteiger partial charge in [-0.15, -0.1) is 0 Å². The molecule has 3 aromatic rings. The van der Waals surface area contributed by atoms with Crippen molar-refractivity contribution in [2.24, 2.45) is 5.10 Å². The van der Waals surface area contributed by atoms with Gasteiger partial charge in [0.2, 0.25) is 5.88 Å². The van der Waals surface area contributed by atoms with E-state index < -0.39 is 23.0 Å². The van der Waals surface area contributed by atoms with Crippen LogP contribution in [0.25, 0.3) is 0 Å². The summed E-state index contributed by atoms with van der Waals surface area (Å²) in [6, 6.07) is 11.6. The van der Waals surface area contributed by atoms with Crippen LogP contribution in [0.15, 0.2) is 67.8 Å². The number of furan rings is 1. The summed E-state index contributed by atoms with van der Waals surface area (Å²) < 4.78 is 6.04. The predicted octanol–water partition coefficient (Wildman–Crippen LogP) is 0.647. The largest absolute Gasteiger partial charge is 0.494 e. The van der Waals surface area contributed by atoms with Gasteiger partial charge >= 0.3 is 5.69 Å². The third-order valence-corrected chi connectivity index (χ3v) is 3.50. The van der Waals surface area contributed by atoms with Crippen molar-refractivity contribution >= 4 is 12.1 Å². The lowest BCUT2D eigenvalue weighted by Crippen LogP contribution is -2.32. The predicted molar refractivity (Wildman–Crippen MR) is 92.3 cm³/mol. The molecule has 9 nitrogen and oxygen atoms in total. The van der Waals surface area contributed by atoms with Crippen LogP contribution in [-0.4, -0.2) is 26.8 Å². The highest BCUT2D eigenvalue weighted by Crippen LogP contribution is 2.11. The van der Waals surface area contributed by atoms with E-state index in [0.29, 0.717) is 11.3 Å². The summed E-state index contributed by atoms with van der Waals surface area (Å²) in [7, 11) is 0. The molecule has 0 unspecified atom stereocenters. The van der Waals surface area contributed by atoms with Crippen LogP contribution in [0.3, 0.4) is 0 Å². The summed E-state index contributed by atoms with van der Waals surface area (Å²) in [6.45, 7) is -0.0777. The molecule has 0 atom stereocenters. The van der Waals surface area contributed by atoms with Crippen LogP contribution >= 0.6 is 0 Å². The number of aromatic hydroxyl groups is 1. The van der Waals surface area contributed by atoms with Crippen molar-refractivity contribution in [3.05, 3.63) is 86.5 Å². The maximum absolute atomic E-state index is 11.9. The standard InChI is InChI=1S/C17H14N4O5/c22-14(11-5-2-1-3-6-11)20-18-9-13-15(23)19-17(25)21(16(13)24)10-12-7-4-8-26-12/h1-9,24H,10H2,(H,20,22)(H,19,23,25)/b18-9-. The molecule has 0 radical (unpaired) electrons. The summed E-state index contributed by atoms with van der Waals surface area (Å²) in [5.41, 5.74) is 0.719. The first-order valence-corrected chi connectivity index (χ1v) is 7.53. The van der Waals surface area contributed by atoms with Crippen LogP contribution in [0.4, 0.5) is 0 Å². The van der Waals surface area contributed by atoms with E-state index in [1.54, 1.807) is 42.5 Å². The van der Waals surface area contributed by atoms with Crippen molar-refractivity contribution in [1.29, 1.82) is 0 Å². The van der Waals surface area contributed by atoms with Gasteiger partial charge in [-0.1, -0.05) is 18.2 Å². The lowest BCUT2D eigenvalue weighted by atomic mass is 10.2. The van der Waals surface area contributed by atoms with Crippen LogP contribution in [0.5, 0.6) is 5.88 Å². The molecule has 132 valence electrons. The van der Waals surface area contributed by atoms with E-state index in [0.717, 1.165) is 10.8 Å². The number of hydrogen-bond acceptors (Lipinski definition) is 6. The molecule has 3 rings (SSSR count). The average molecular weight is 354 g/mol. The van der Waals surface area contributed by atoms with E-state index in [4.69, 9.17) is 4.42 Å². The van der Waals surface area contributed by atoms with Crippen LogP contribution in [0, 0.1) is 0 Å². The Morgan fingerprint density at radius 3 is 2.69 bits per heavy atom. The van der Waals surface area contributed by atoms with Gasteiger partial charge in [0.25, 0.3) is 11.5 Å². The highest BCUT2D eigenvalue weighted by molar-refractivity contribution is 5.94. The smallest absolute Gasteiger partial charge is 0.331 e. The third kappa shape index (κ3) is 3.61. The van der Waals surface area contributed by atoms with Crippen molar-refractivity contribution in [2.45, 2.75) is 6.54 Å². The van der Waals surface area contributed by atoms with Gasteiger partial charge < -0.3 is 9.52 Å². The molecule has 2 aromatic heterocycles. The molecule has 0 aliphatic heterocycles. The molecule has 0 saturated carbocycles. The fourth-order valence-corrected chi connectivity index (χ4v) is 2.21. The zero-order valence-corrected chi connectivity index (χ0v) is 13.4. The molecule has 0 bridgehead atoms. The Balaban J connectivity index is 1.84. The number of nitrogens with one attached hydrogen (secondary N) is 2. The monoisotopic (exact) mass is 354 g/mol. The van der Waals surface area contributed by atoms with Crippen molar-refractivity contribution in [3.63, 3.8) is 0 Å². The van der Waals surface area contributed by atoms with Gasteiger partial charge in [-0.25, -0.2) is 10.2 Å². The van der Waals surface area contributed by atoms with Crippen LogP contribution in [0.2, 0.25) is 0 Å². The van der Waals surface area contributed by atoms with Gasteiger partial charge in [0.15, 0.2) is 0 Å². The van der Waals surface area contributed by atoms with Gasteiger partial charge in [0.1, 0.15) is 11.3 Å². The first-order valence-electron chi connectivity index (χ1n) is 7.53.